The van der Waals surface area contributed by atoms with Gasteiger partial charge in [-0.25, -0.2) is 0 Å². The second-order valence-corrected chi connectivity index (χ2v) is 5.99. The Morgan fingerprint density at radius 3 is 2.46 bits per heavy atom. The van der Waals surface area contributed by atoms with E-state index < -0.39 is 0 Å². The molecule has 7 nitrogen and oxygen atoms in total. The van der Waals surface area contributed by atoms with Crippen LogP contribution in [0.5, 0.6) is 11.5 Å². The van der Waals surface area contributed by atoms with Crippen LogP contribution in [0.15, 0.2) is 60.7 Å². The van der Waals surface area contributed by atoms with Gasteiger partial charge in [0.2, 0.25) is 0 Å². The fraction of sp³-hybridized carbons (Fsp3) is 0.190. The van der Waals surface area contributed by atoms with Crippen molar-refractivity contribution in [2.45, 2.75) is 6.42 Å². The number of hydrogen-bond donors (Lipinski definition) is 2. The molecule has 3 rings (SSSR count). The molecule has 1 heterocycles. The molecule has 0 atom stereocenters. The van der Waals surface area contributed by atoms with Gasteiger partial charge in [-0.3, -0.25) is 4.79 Å². The number of carbonyl (C=O) groups excluding carboxylic acids is 1. The summed E-state index contributed by atoms with van der Waals surface area (Å²) in [4.78, 5) is 12.4. The van der Waals surface area contributed by atoms with E-state index in [2.05, 4.69) is 20.8 Å². The van der Waals surface area contributed by atoms with Crippen molar-refractivity contribution in [2.24, 2.45) is 0 Å². The fourth-order valence-electron chi connectivity index (χ4n) is 2.67. The summed E-state index contributed by atoms with van der Waals surface area (Å²) in [5.41, 5.74) is 1.60. The highest BCUT2D eigenvalue weighted by molar-refractivity contribution is 6.05. The van der Waals surface area contributed by atoms with Gasteiger partial charge in [0.25, 0.3) is 5.91 Å². The van der Waals surface area contributed by atoms with Crippen molar-refractivity contribution >= 4 is 17.5 Å². The normalized spacial score (nSPS) is 10.2. The Kier molecular flexibility index (Phi) is 6.41. The van der Waals surface area contributed by atoms with Crippen LogP contribution in [0.2, 0.25) is 0 Å². The molecular weight excluding hydrogens is 356 g/mol. The van der Waals surface area contributed by atoms with Crippen LogP contribution in [0.25, 0.3) is 0 Å². The highest BCUT2D eigenvalue weighted by atomic mass is 16.5. The van der Waals surface area contributed by atoms with E-state index in [1.807, 2.05) is 24.3 Å². The van der Waals surface area contributed by atoms with E-state index in [1.54, 1.807) is 43.5 Å². The number of nitrogens with zero attached hydrogens (tertiary/aromatic N) is 2. The van der Waals surface area contributed by atoms with Gasteiger partial charge in [0.1, 0.15) is 17.3 Å². The number of methoxy groups -OCH3 is 2. The largest absolute Gasteiger partial charge is 0.497 e. The lowest BCUT2D eigenvalue weighted by atomic mass is 10.1. The molecule has 0 unspecified atom stereocenters. The number of nitrogens with one attached hydrogen (secondary N) is 2. The molecule has 28 heavy (non-hydrogen) atoms. The molecule has 0 spiro atoms. The minimum atomic E-state index is -0.300. The summed E-state index contributed by atoms with van der Waals surface area (Å²) in [5, 5.41) is 14.1. The number of anilines is 2. The molecule has 0 fully saturated rings. The Morgan fingerprint density at radius 1 is 0.929 bits per heavy atom. The SMILES string of the molecule is COc1cccc(CCNc2ccc(NC(=O)c3ccccc3OC)nn2)c1. The summed E-state index contributed by atoms with van der Waals surface area (Å²) in [6.45, 7) is 0.703. The van der Waals surface area contributed by atoms with Crippen molar-refractivity contribution in [1.82, 2.24) is 10.2 Å². The molecule has 0 radical (unpaired) electrons. The smallest absolute Gasteiger partial charge is 0.260 e. The number of aromatic nitrogens is 2. The number of benzene rings is 2. The highest BCUT2D eigenvalue weighted by Gasteiger charge is 2.12. The number of ether oxygens (including phenoxy) is 2. The van der Waals surface area contributed by atoms with Crippen LogP contribution in [-0.4, -0.2) is 36.9 Å². The van der Waals surface area contributed by atoms with Gasteiger partial charge in [-0.15, -0.1) is 10.2 Å². The van der Waals surface area contributed by atoms with Gasteiger partial charge in [-0.1, -0.05) is 24.3 Å². The lowest BCUT2D eigenvalue weighted by Crippen LogP contribution is -2.15. The minimum absolute atomic E-state index is 0.300. The molecule has 144 valence electrons. The molecule has 0 aliphatic carbocycles. The van der Waals surface area contributed by atoms with E-state index >= 15 is 0 Å². The van der Waals surface area contributed by atoms with E-state index in [4.69, 9.17) is 9.47 Å². The highest BCUT2D eigenvalue weighted by Crippen LogP contribution is 2.18. The Labute approximate surface area is 163 Å². The molecule has 2 N–H and O–H groups in total. The van der Waals surface area contributed by atoms with Crippen LogP contribution in [0.4, 0.5) is 11.6 Å². The molecule has 7 heteroatoms. The first-order chi connectivity index (χ1) is 13.7. The molecule has 3 aromatic rings. The first-order valence-electron chi connectivity index (χ1n) is 8.84. The maximum atomic E-state index is 12.4. The summed E-state index contributed by atoms with van der Waals surface area (Å²) >= 11 is 0. The van der Waals surface area contributed by atoms with Gasteiger partial charge in [0.05, 0.1) is 19.8 Å². The van der Waals surface area contributed by atoms with Crippen LogP contribution in [0.1, 0.15) is 15.9 Å². The maximum absolute atomic E-state index is 12.4. The first-order valence-corrected chi connectivity index (χ1v) is 8.84. The van der Waals surface area contributed by atoms with Gasteiger partial charge in [0.15, 0.2) is 5.82 Å². The van der Waals surface area contributed by atoms with Gasteiger partial charge < -0.3 is 20.1 Å². The van der Waals surface area contributed by atoms with Crippen LogP contribution < -0.4 is 20.1 Å². The summed E-state index contributed by atoms with van der Waals surface area (Å²) < 4.78 is 10.4. The van der Waals surface area contributed by atoms with Gasteiger partial charge in [-0.05, 0) is 48.4 Å². The zero-order valence-corrected chi connectivity index (χ0v) is 15.8. The van der Waals surface area contributed by atoms with Crippen molar-refractivity contribution < 1.29 is 14.3 Å². The number of para-hydroxylation sites is 1. The standard InChI is InChI=1S/C21H22N4O3/c1-27-16-7-5-6-15(14-16)12-13-22-19-10-11-20(25-24-19)23-21(26)17-8-3-4-9-18(17)28-2/h3-11,14H,12-13H2,1-2H3,(H,22,24)(H,23,25,26). The predicted octanol–water partition coefficient (Wildman–Crippen LogP) is 3.40. The first kappa shape index (κ1) is 19.2. The molecule has 1 aromatic heterocycles. The number of rotatable bonds is 8. The van der Waals surface area contributed by atoms with Gasteiger partial charge in [0, 0.05) is 6.54 Å². The Bertz CT molecular complexity index is 929. The van der Waals surface area contributed by atoms with Crippen molar-refractivity contribution in [1.29, 1.82) is 0 Å². The Morgan fingerprint density at radius 2 is 1.71 bits per heavy atom. The summed E-state index contributed by atoms with van der Waals surface area (Å²) in [6, 6.07) is 18.4. The molecule has 0 aliphatic heterocycles. The maximum Gasteiger partial charge on any atom is 0.260 e. The Balaban J connectivity index is 1.54. The Hall–Kier alpha value is -3.61. The third-order valence-electron chi connectivity index (χ3n) is 4.11. The van der Waals surface area contributed by atoms with Gasteiger partial charge >= 0.3 is 0 Å². The van der Waals surface area contributed by atoms with E-state index in [9.17, 15) is 4.79 Å². The summed E-state index contributed by atoms with van der Waals surface area (Å²) in [6.07, 6.45) is 0.825. The lowest BCUT2D eigenvalue weighted by Gasteiger charge is -2.09. The van der Waals surface area contributed by atoms with Crippen LogP contribution >= 0.6 is 0 Å². The van der Waals surface area contributed by atoms with Gasteiger partial charge in [-0.2, -0.15) is 0 Å². The van der Waals surface area contributed by atoms with E-state index in [0.29, 0.717) is 29.5 Å². The average Bonchev–Trinajstić information content (AvgIpc) is 2.75. The average molecular weight is 378 g/mol. The molecule has 1 amide bonds. The zero-order valence-electron chi connectivity index (χ0n) is 15.8. The van der Waals surface area contributed by atoms with Crippen LogP contribution in [-0.2, 0) is 6.42 Å². The van der Waals surface area contributed by atoms with E-state index in [-0.39, 0.29) is 5.91 Å². The van der Waals surface area contributed by atoms with Crippen LogP contribution in [0, 0.1) is 0 Å². The van der Waals surface area contributed by atoms with Crippen LogP contribution in [0.3, 0.4) is 0 Å². The van der Waals surface area contributed by atoms with E-state index in [1.165, 1.54) is 12.7 Å². The molecule has 0 aliphatic rings. The fourth-order valence-corrected chi connectivity index (χ4v) is 2.67. The topological polar surface area (TPSA) is 85.4 Å². The summed E-state index contributed by atoms with van der Waals surface area (Å²) in [5.74, 6) is 2.05. The quantitative estimate of drug-likeness (QED) is 0.625. The molecule has 2 aromatic carbocycles. The number of amides is 1. The number of hydrogen-bond acceptors (Lipinski definition) is 6. The van der Waals surface area contributed by atoms with Crippen molar-refractivity contribution in [2.75, 3.05) is 31.4 Å². The minimum Gasteiger partial charge on any atom is -0.497 e. The third kappa shape index (κ3) is 4.97. The second-order valence-electron chi connectivity index (χ2n) is 5.99. The van der Waals surface area contributed by atoms with Crippen molar-refractivity contribution in [3.05, 3.63) is 71.8 Å². The van der Waals surface area contributed by atoms with Crippen molar-refractivity contribution in [3.8, 4) is 11.5 Å². The summed E-state index contributed by atoms with van der Waals surface area (Å²) in [7, 11) is 3.18. The molecule has 0 saturated heterocycles. The third-order valence-corrected chi connectivity index (χ3v) is 4.11. The molecule has 0 bridgehead atoms. The molecule has 0 saturated carbocycles. The number of carbonyl (C=O) groups is 1. The van der Waals surface area contributed by atoms with E-state index in [0.717, 1.165) is 12.2 Å². The monoisotopic (exact) mass is 378 g/mol. The zero-order chi connectivity index (χ0) is 19.8. The molecular formula is C21H22N4O3. The second kappa shape index (κ2) is 9.36. The predicted molar refractivity (Wildman–Crippen MR) is 108 cm³/mol. The lowest BCUT2D eigenvalue weighted by molar-refractivity contribution is 0.102. The van der Waals surface area contributed by atoms with Crippen molar-refractivity contribution in [3.63, 3.8) is 0 Å².